The van der Waals surface area contributed by atoms with Gasteiger partial charge in [0.25, 0.3) is 0 Å². The lowest BCUT2D eigenvalue weighted by Crippen LogP contribution is -2.51. The fraction of sp³-hybridized carbons (Fsp3) is 0.438. The normalized spacial score (nSPS) is 23.4. The summed E-state index contributed by atoms with van der Waals surface area (Å²) in [6.45, 7) is 1.91. The van der Waals surface area contributed by atoms with Crippen molar-refractivity contribution in [1.82, 2.24) is 14.8 Å². The number of amides is 1. The monoisotopic (exact) mass is 353 g/mol. The highest BCUT2D eigenvalue weighted by molar-refractivity contribution is 5.93. The third-order valence-corrected chi connectivity index (χ3v) is 4.45. The maximum Gasteiger partial charge on any atom is 0.229 e. The van der Waals surface area contributed by atoms with Crippen LogP contribution in [0.3, 0.4) is 0 Å². The maximum atomic E-state index is 14.2. The molecule has 2 aromatic rings. The number of nitrogens with zero attached hydrogens (tertiary/aromatic N) is 3. The Kier molecular flexibility index (Phi) is 5.56. The Morgan fingerprint density at radius 2 is 2.25 bits per heavy atom. The van der Waals surface area contributed by atoms with Crippen LogP contribution in [0.2, 0.25) is 0 Å². The van der Waals surface area contributed by atoms with E-state index in [-0.39, 0.29) is 29.9 Å². The minimum atomic E-state index is -0.512. The number of carbonyl (C=O) groups is 1. The number of hydrogen-bond donors (Lipinski definition) is 2. The van der Waals surface area contributed by atoms with Crippen molar-refractivity contribution < 1.29 is 9.18 Å². The number of nitrogens with two attached hydrogens (primary N) is 1. The zero-order valence-corrected chi connectivity index (χ0v) is 14.2. The first kappa shape index (κ1) is 18.4. The minimum Gasteiger partial charge on any atom is -0.326 e. The van der Waals surface area contributed by atoms with E-state index in [9.17, 15) is 9.18 Å². The van der Waals surface area contributed by atoms with Gasteiger partial charge >= 0.3 is 0 Å². The largest absolute Gasteiger partial charge is 0.326 e. The fourth-order valence-electron chi connectivity index (χ4n) is 3.12. The van der Waals surface area contributed by atoms with Gasteiger partial charge in [0, 0.05) is 11.2 Å². The van der Waals surface area contributed by atoms with Crippen molar-refractivity contribution in [3.8, 4) is 5.69 Å². The van der Waals surface area contributed by atoms with Gasteiger partial charge in [-0.1, -0.05) is 12.8 Å². The lowest BCUT2D eigenvalue weighted by molar-refractivity contribution is -0.122. The lowest BCUT2D eigenvalue weighted by Gasteiger charge is -2.37. The van der Waals surface area contributed by atoms with Crippen molar-refractivity contribution in [3.05, 3.63) is 36.7 Å². The van der Waals surface area contributed by atoms with Crippen LogP contribution in [0.1, 0.15) is 32.6 Å². The van der Waals surface area contributed by atoms with E-state index in [1.54, 1.807) is 12.1 Å². The molecule has 1 aliphatic carbocycles. The van der Waals surface area contributed by atoms with Gasteiger partial charge in [-0.3, -0.25) is 4.79 Å². The van der Waals surface area contributed by atoms with E-state index in [0.29, 0.717) is 5.69 Å². The van der Waals surface area contributed by atoms with Gasteiger partial charge < -0.3 is 11.1 Å². The quantitative estimate of drug-likeness (QED) is 0.888. The van der Waals surface area contributed by atoms with Gasteiger partial charge in [0.1, 0.15) is 18.3 Å². The first-order valence-electron chi connectivity index (χ1n) is 7.72. The molecule has 3 rings (SSSR count). The smallest absolute Gasteiger partial charge is 0.229 e. The minimum absolute atomic E-state index is 0. The number of rotatable bonds is 3. The summed E-state index contributed by atoms with van der Waals surface area (Å²) < 4.78 is 15.5. The Morgan fingerprint density at radius 1 is 1.46 bits per heavy atom. The van der Waals surface area contributed by atoms with Gasteiger partial charge in [-0.05, 0) is 38.0 Å². The third-order valence-electron chi connectivity index (χ3n) is 4.45. The molecule has 1 heterocycles. The highest BCUT2D eigenvalue weighted by Gasteiger charge is 2.37. The Hall–Kier alpha value is -1.99. The van der Waals surface area contributed by atoms with Crippen molar-refractivity contribution in [2.45, 2.75) is 38.1 Å². The molecular formula is C16H21ClFN5O. The number of aromatic nitrogens is 3. The molecule has 130 valence electrons. The molecule has 0 radical (unpaired) electrons. The average Bonchev–Trinajstić information content (AvgIpc) is 3.00. The van der Waals surface area contributed by atoms with Crippen molar-refractivity contribution in [2.75, 3.05) is 5.32 Å². The molecule has 3 N–H and O–H groups in total. The van der Waals surface area contributed by atoms with Crippen molar-refractivity contribution in [2.24, 2.45) is 11.7 Å². The van der Waals surface area contributed by atoms with Crippen molar-refractivity contribution >= 4 is 24.0 Å². The van der Waals surface area contributed by atoms with Crippen LogP contribution in [0.15, 0.2) is 30.9 Å². The number of anilines is 1. The summed E-state index contributed by atoms with van der Waals surface area (Å²) in [7, 11) is 0. The van der Waals surface area contributed by atoms with E-state index >= 15 is 0 Å². The van der Waals surface area contributed by atoms with E-state index in [1.807, 2.05) is 6.92 Å². The van der Waals surface area contributed by atoms with Gasteiger partial charge in [-0.25, -0.2) is 14.1 Å². The Morgan fingerprint density at radius 3 is 2.88 bits per heavy atom. The zero-order chi connectivity index (χ0) is 16.4. The molecule has 8 heteroatoms. The van der Waals surface area contributed by atoms with Crippen molar-refractivity contribution in [3.63, 3.8) is 0 Å². The number of carbonyl (C=O) groups excluding carboxylic acids is 1. The number of halogens is 2. The highest BCUT2D eigenvalue weighted by atomic mass is 35.5. The predicted octanol–water partition coefficient (Wildman–Crippen LogP) is 2.67. The molecule has 2 atom stereocenters. The molecule has 1 saturated carbocycles. The molecule has 6 nitrogen and oxygen atoms in total. The molecule has 0 saturated heterocycles. The molecular weight excluding hydrogens is 333 g/mol. The van der Waals surface area contributed by atoms with Gasteiger partial charge in [-0.2, -0.15) is 5.10 Å². The van der Waals surface area contributed by atoms with Crippen LogP contribution in [0.25, 0.3) is 5.69 Å². The van der Waals surface area contributed by atoms with Crippen LogP contribution in [0.5, 0.6) is 0 Å². The molecule has 1 aromatic heterocycles. The molecule has 1 aromatic carbocycles. The first-order valence-corrected chi connectivity index (χ1v) is 7.72. The van der Waals surface area contributed by atoms with Crippen LogP contribution >= 0.6 is 12.4 Å². The van der Waals surface area contributed by atoms with Crippen LogP contribution < -0.4 is 11.1 Å². The SMILES string of the molecule is CC1(N)CCCCC1C(=O)Nc1ccc(-n2cncn2)c(F)c1.Cl. The van der Waals surface area contributed by atoms with Crippen LogP contribution in [-0.2, 0) is 4.79 Å². The maximum absolute atomic E-state index is 14.2. The summed E-state index contributed by atoms with van der Waals surface area (Å²) >= 11 is 0. The number of hydrogen-bond acceptors (Lipinski definition) is 4. The van der Waals surface area contributed by atoms with Gasteiger partial charge in [-0.15, -0.1) is 12.4 Å². The summed E-state index contributed by atoms with van der Waals surface area (Å²) in [5.41, 5.74) is 6.42. The molecule has 2 unspecified atom stereocenters. The van der Waals surface area contributed by atoms with E-state index in [1.165, 1.54) is 23.4 Å². The van der Waals surface area contributed by atoms with Gasteiger partial charge in [0.15, 0.2) is 5.82 Å². The van der Waals surface area contributed by atoms with E-state index in [2.05, 4.69) is 15.4 Å². The molecule has 0 aliphatic heterocycles. The second kappa shape index (κ2) is 7.27. The van der Waals surface area contributed by atoms with Gasteiger partial charge in [0.2, 0.25) is 5.91 Å². The summed E-state index contributed by atoms with van der Waals surface area (Å²) in [5.74, 6) is -0.885. The molecule has 0 bridgehead atoms. The molecule has 1 aliphatic rings. The third kappa shape index (κ3) is 3.73. The summed E-state index contributed by atoms with van der Waals surface area (Å²) in [4.78, 5) is 16.3. The molecule has 0 spiro atoms. The lowest BCUT2D eigenvalue weighted by atomic mass is 9.74. The van der Waals surface area contributed by atoms with E-state index < -0.39 is 11.4 Å². The van der Waals surface area contributed by atoms with Gasteiger partial charge in [0.05, 0.1) is 5.92 Å². The van der Waals surface area contributed by atoms with Crippen molar-refractivity contribution in [1.29, 1.82) is 0 Å². The molecule has 1 amide bonds. The second-order valence-corrected chi connectivity index (χ2v) is 6.30. The second-order valence-electron chi connectivity index (χ2n) is 6.30. The highest BCUT2D eigenvalue weighted by Crippen LogP contribution is 2.32. The average molecular weight is 354 g/mol. The number of nitrogens with one attached hydrogen (secondary N) is 1. The first-order chi connectivity index (χ1) is 11.0. The topological polar surface area (TPSA) is 85.8 Å². The van der Waals surface area contributed by atoms with Crippen LogP contribution in [0, 0.1) is 11.7 Å². The summed E-state index contributed by atoms with van der Waals surface area (Å²) in [6.07, 6.45) is 6.37. The zero-order valence-electron chi connectivity index (χ0n) is 13.4. The summed E-state index contributed by atoms with van der Waals surface area (Å²) in [6, 6.07) is 4.49. The predicted molar refractivity (Wildman–Crippen MR) is 91.7 cm³/mol. The van der Waals surface area contributed by atoms with Crippen LogP contribution in [-0.4, -0.2) is 26.2 Å². The van der Waals surface area contributed by atoms with Crippen LogP contribution in [0.4, 0.5) is 10.1 Å². The molecule has 1 fully saturated rings. The Balaban J connectivity index is 0.00000208. The summed E-state index contributed by atoms with van der Waals surface area (Å²) in [5, 5.41) is 6.67. The fourth-order valence-corrected chi connectivity index (χ4v) is 3.12. The Labute approximate surface area is 146 Å². The number of benzene rings is 1. The van der Waals surface area contributed by atoms with E-state index in [4.69, 9.17) is 5.73 Å². The Bertz CT molecular complexity index is 704. The van der Waals surface area contributed by atoms with E-state index in [0.717, 1.165) is 25.7 Å². The standard InChI is InChI=1S/C16H20FN5O.ClH/c1-16(18)7-3-2-4-12(16)15(23)21-11-5-6-14(13(17)8-11)22-10-19-9-20-22;/h5-6,8-10,12H,2-4,7,18H2,1H3,(H,21,23);1H. The molecule has 24 heavy (non-hydrogen) atoms.